The van der Waals surface area contributed by atoms with Crippen molar-refractivity contribution in [3.8, 4) is 0 Å². The average molecular weight is 210 g/mol. The van der Waals surface area contributed by atoms with Gasteiger partial charge in [0.25, 0.3) is 10.2 Å². The first-order chi connectivity index (χ1) is 6.11. The van der Waals surface area contributed by atoms with Gasteiger partial charge in [-0.15, -0.1) is 0 Å². The summed E-state index contributed by atoms with van der Waals surface area (Å²) in [5.74, 6) is 0. The van der Waals surface area contributed by atoms with Crippen molar-refractivity contribution in [2.45, 2.75) is 6.04 Å². The highest BCUT2D eigenvalue weighted by Gasteiger charge is 2.31. The Morgan fingerprint density at radius 2 is 2.38 bits per heavy atom. The van der Waals surface area contributed by atoms with Crippen LogP contribution >= 0.6 is 0 Å². The van der Waals surface area contributed by atoms with Gasteiger partial charge in [-0.1, -0.05) is 0 Å². The van der Waals surface area contributed by atoms with Gasteiger partial charge in [0.1, 0.15) is 0 Å². The highest BCUT2D eigenvalue weighted by molar-refractivity contribution is 7.87. The fourth-order valence-corrected chi connectivity index (χ4v) is 2.29. The summed E-state index contributed by atoms with van der Waals surface area (Å²) in [7, 11) is -2.09. The molecule has 0 bridgehead atoms. The van der Waals surface area contributed by atoms with Gasteiger partial charge >= 0.3 is 0 Å². The molecule has 7 heteroatoms. The zero-order chi connectivity index (χ0) is 9.90. The number of hydrogen-bond acceptors (Lipinski definition) is 4. The number of hydrogen-bond donors (Lipinski definition) is 2. The van der Waals surface area contributed by atoms with Crippen LogP contribution < -0.4 is 4.72 Å². The van der Waals surface area contributed by atoms with E-state index >= 15 is 0 Å². The Hall–Kier alpha value is -0.210. The SMILES string of the molecule is CNS(=O)(=O)N1CCOCC1CO. The van der Waals surface area contributed by atoms with Gasteiger partial charge in [-0.05, 0) is 0 Å². The third kappa shape index (κ3) is 2.38. The van der Waals surface area contributed by atoms with E-state index in [-0.39, 0.29) is 19.8 Å². The lowest BCUT2D eigenvalue weighted by Gasteiger charge is -2.32. The van der Waals surface area contributed by atoms with Crippen LogP contribution in [0, 0.1) is 0 Å². The second-order valence-corrected chi connectivity index (χ2v) is 4.56. The van der Waals surface area contributed by atoms with Crippen molar-refractivity contribution in [2.75, 3.05) is 33.4 Å². The highest BCUT2D eigenvalue weighted by Crippen LogP contribution is 2.09. The van der Waals surface area contributed by atoms with Crippen molar-refractivity contribution < 1.29 is 18.3 Å². The maximum absolute atomic E-state index is 11.4. The maximum Gasteiger partial charge on any atom is 0.279 e. The van der Waals surface area contributed by atoms with Gasteiger partial charge in [0.05, 0.1) is 25.9 Å². The molecule has 1 aliphatic rings. The van der Waals surface area contributed by atoms with Crippen molar-refractivity contribution in [3.63, 3.8) is 0 Å². The zero-order valence-corrected chi connectivity index (χ0v) is 8.25. The Morgan fingerprint density at radius 3 is 2.92 bits per heavy atom. The molecule has 1 saturated heterocycles. The zero-order valence-electron chi connectivity index (χ0n) is 7.43. The van der Waals surface area contributed by atoms with Crippen molar-refractivity contribution in [2.24, 2.45) is 0 Å². The van der Waals surface area contributed by atoms with Crippen molar-refractivity contribution in [1.29, 1.82) is 0 Å². The molecular weight excluding hydrogens is 196 g/mol. The summed E-state index contributed by atoms with van der Waals surface area (Å²) < 4.78 is 31.2. The van der Waals surface area contributed by atoms with Gasteiger partial charge in [0.2, 0.25) is 0 Å². The smallest absolute Gasteiger partial charge is 0.279 e. The van der Waals surface area contributed by atoms with Crippen LogP contribution in [0.25, 0.3) is 0 Å². The molecule has 0 radical (unpaired) electrons. The lowest BCUT2D eigenvalue weighted by Crippen LogP contribution is -2.53. The molecule has 1 heterocycles. The largest absolute Gasteiger partial charge is 0.395 e. The lowest BCUT2D eigenvalue weighted by atomic mass is 10.3. The molecule has 1 rings (SSSR count). The molecule has 0 aliphatic carbocycles. The third-order valence-corrected chi connectivity index (χ3v) is 3.57. The summed E-state index contributed by atoms with van der Waals surface area (Å²) in [4.78, 5) is 0. The molecule has 0 amide bonds. The monoisotopic (exact) mass is 210 g/mol. The second-order valence-electron chi connectivity index (χ2n) is 2.73. The molecule has 0 spiro atoms. The average Bonchev–Trinajstić information content (AvgIpc) is 2.18. The summed E-state index contributed by atoms with van der Waals surface area (Å²) in [6.07, 6.45) is 0. The molecule has 0 aromatic carbocycles. The van der Waals surface area contributed by atoms with Crippen LogP contribution in [0.4, 0.5) is 0 Å². The first kappa shape index (κ1) is 10.9. The number of nitrogens with one attached hydrogen (secondary N) is 1. The van der Waals surface area contributed by atoms with Crippen LogP contribution in [0.15, 0.2) is 0 Å². The quantitative estimate of drug-likeness (QED) is 0.573. The molecular formula is C6H14N2O4S. The van der Waals surface area contributed by atoms with Crippen LogP contribution in [0.2, 0.25) is 0 Å². The highest BCUT2D eigenvalue weighted by atomic mass is 32.2. The van der Waals surface area contributed by atoms with E-state index in [2.05, 4.69) is 4.72 Å². The minimum atomic E-state index is -3.44. The summed E-state index contributed by atoms with van der Waals surface area (Å²) in [6, 6.07) is -0.466. The molecule has 13 heavy (non-hydrogen) atoms. The van der Waals surface area contributed by atoms with E-state index in [0.29, 0.717) is 6.61 Å². The maximum atomic E-state index is 11.4. The van der Waals surface area contributed by atoms with Crippen molar-refractivity contribution in [1.82, 2.24) is 9.03 Å². The Morgan fingerprint density at radius 1 is 1.69 bits per heavy atom. The minimum absolute atomic E-state index is 0.221. The van der Waals surface area contributed by atoms with Crippen molar-refractivity contribution >= 4 is 10.2 Å². The van der Waals surface area contributed by atoms with Crippen LogP contribution in [-0.2, 0) is 14.9 Å². The number of rotatable bonds is 3. The standard InChI is InChI=1S/C6H14N2O4S/c1-7-13(10,11)8-2-3-12-5-6(8)4-9/h6-7,9H,2-5H2,1H3. The Bertz CT molecular complexity index is 253. The van der Waals surface area contributed by atoms with E-state index in [1.54, 1.807) is 0 Å². The first-order valence-corrected chi connectivity index (χ1v) is 5.44. The van der Waals surface area contributed by atoms with Gasteiger partial charge in [-0.2, -0.15) is 12.7 Å². The number of aliphatic hydroxyl groups is 1. The van der Waals surface area contributed by atoms with Crippen LogP contribution in [0.1, 0.15) is 0 Å². The molecule has 1 atom stereocenters. The van der Waals surface area contributed by atoms with Gasteiger partial charge in [-0.25, -0.2) is 4.72 Å². The predicted molar refractivity (Wildman–Crippen MR) is 46.4 cm³/mol. The molecule has 0 saturated carbocycles. The number of morpholine rings is 1. The summed E-state index contributed by atoms with van der Waals surface area (Å²) in [5, 5.41) is 8.91. The van der Waals surface area contributed by atoms with E-state index in [1.807, 2.05) is 0 Å². The fourth-order valence-electron chi connectivity index (χ4n) is 1.22. The Kier molecular flexibility index (Phi) is 3.63. The summed E-state index contributed by atoms with van der Waals surface area (Å²) in [5.41, 5.74) is 0. The molecule has 1 fully saturated rings. The molecule has 1 unspecified atom stereocenters. The molecule has 2 N–H and O–H groups in total. The first-order valence-electron chi connectivity index (χ1n) is 4.00. The van der Waals surface area contributed by atoms with E-state index in [4.69, 9.17) is 9.84 Å². The number of nitrogens with zero attached hydrogens (tertiary/aromatic N) is 1. The van der Waals surface area contributed by atoms with Crippen LogP contribution in [-0.4, -0.2) is 57.3 Å². The third-order valence-electron chi connectivity index (χ3n) is 1.95. The van der Waals surface area contributed by atoms with Gasteiger partial charge in [-0.3, -0.25) is 0 Å². The van der Waals surface area contributed by atoms with Gasteiger partial charge < -0.3 is 9.84 Å². The fraction of sp³-hybridized carbons (Fsp3) is 1.00. The van der Waals surface area contributed by atoms with Gasteiger partial charge in [0, 0.05) is 13.6 Å². The van der Waals surface area contributed by atoms with E-state index in [0.717, 1.165) is 0 Å². The predicted octanol–water partition coefficient (Wildman–Crippen LogP) is -1.86. The lowest BCUT2D eigenvalue weighted by molar-refractivity contribution is 0.0105. The Balaban J connectivity index is 2.75. The molecule has 0 aromatic heterocycles. The van der Waals surface area contributed by atoms with E-state index in [9.17, 15) is 8.42 Å². The van der Waals surface area contributed by atoms with E-state index < -0.39 is 16.3 Å². The molecule has 78 valence electrons. The minimum Gasteiger partial charge on any atom is -0.395 e. The second kappa shape index (κ2) is 4.34. The number of ether oxygens (including phenoxy) is 1. The molecule has 1 aliphatic heterocycles. The molecule has 6 nitrogen and oxygen atoms in total. The normalized spacial score (nSPS) is 26.2. The van der Waals surface area contributed by atoms with Crippen LogP contribution in [0.5, 0.6) is 0 Å². The van der Waals surface area contributed by atoms with Crippen LogP contribution in [0.3, 0.4) is 0 Å². The number of aliphatic hydroxyl groups excluding tert-OH is 1. The summed E-state index contributed by atoms with van der Waals surface area (Å²) >= 11 is 0. The van der Waals surface area contributed by atoms with Gasteiger partial charge in [0.15, 0.2) is 0 Å². The Labute approximate surface area is 77.7 Å². The van der Waals surface area contributed by atoms with E-state index in [1.165, 1.54) is 11.4 Å². The van der Waals surface area contributed by atoms with Crippen molar-refractivity contribution in [3.05, 3.63) is 0 Å². The summed E-state index contributed by atoms with van der Waals surface area (Å²) in [6.45, 7) is 0.685. The topological polar surface area (TPSA) is 78.9 Å². The molecule has 0 aromatic rings.